The monoisotopic (exact) mass is 440 g/mol. The first-order chi connectivity index (χ1) is 14.3. The van der Waals surface area contributed by atoms with Gasteiger partial charge in [-0.05, 0) is 54.3 Å². The van der Waals surface area contributed by atoms with Crippen molar-refractivity contribution in [2.45, 2.75) is 16.3 Å². The van der Waals surface area contributed by atoms with Crippen molar-refractivity contribution < 1.29 is 13.2 Å². The number of anilines is 1. The Hall–Kier alpha value is -2.77. The molecule has 0 heterocycles. The van der Waals surface area contributed by atoms with E-state index >= 15 is 0 Å². The second-order valence-electron chi connectivity index (χ2n) is 6.85. The summed E-state index contributed by atoms with van der Waals surface area (Å²) in [5.41, 5.74) is 1.90. The Balaban J connectivity index is 1.79. The minimum Gasteiger partial charge on any atom is -0.337 e. The summed E-state index contributed by atoms with van der Waals surface area (Å²) in [4.78, 5) is 15.9. The van der Waals surface area contributed by atoms with Gasteiger partial charge in [-0.15, -0.1) is 11.8 Å². The lowest BCUT2D eigenvalue weighted by Crippen LogP contribution is -2.28. The summed E-state index contributed by atoms with van der Waals surface area (Å²) in [6.07, 6.45) is 2.02. The van der Waals surface area contributed by atoms with Gasteiger partial charge in [0.15, 0.2) is 0 Å². The van der Waals surface area contributed by atoms with Crippen LogP contribution in [0.15, 0.2) is 88.7 Å². The van der Waals surface area contributed by atoms with Crippen LogP contribution in [-0.4, -0.2) is 39.6 Å². The molecule has 0 aromatic heterocycles. The van der Waals surface area contributed by atoms with Gasteiger partial charge in [0.1, 0.15) is 0 Å². The number of benzene rings is 3. The third-order valence-electron chi connectivity index (χ3n) is 4.78. The smallest absolute Gasteiger partial charge is 0.264 e. The number of thioether (sulfide) groups is 1. The zero-order valence-corrected chi connectivity index (χ0v) is 18.8. The Morgan fingerprint density at radius 1 is 0.900 bits per heavy atom. The second kappa shape index (κ2) is 9.36. The van der Waals surface area contributed by atoms with Gasteiger partial charge in [-0.2, -0.15) is 0 Å². The highest BCUT2D eigenvalue weighted by molar-refractivity contribution is 7.98. The lowest BCUT2D eigenvalue weighted by Gasteiger charge is -2.21. The van der Waals surface area contributed by atoms with Gasteiger partial charge in [-0.1, -0.05) is 36.4 Å². The zero-order valence-electron chi connectivity index (χ0n) is 17.1. The number of carbonyl (C=O) groups excluding carboxylic acids is 1. The van der Waals surface area contributed by atoms with Crippen molar-refractivity contribution in [3.8, 4) is 0 Å². The van der Waals surface area contributed by atoms with Crippen LogP contribution < -0.4 is 4.31 Å². The highest BCUT2D eigenvalue weighted by Gasteiger charge is 2.22. The molecule has 3 aromatic rings. The molecule has 30 heavy (non-hydrogen) atoms. The van der Waals surface area contributed by atoms with Crippen LogP contribution in [0.5, 0.6) is 0 Å². The van der Waals surface area contributed by atoms with Crippen molar-refractivity contribution in [1.29, 1.82) is 0 Å². The van der Waals surface area contributed by atoms with E-state index in [1.807, 2.05) is 30.5 Å². The first kappa shape index (κ1) is 21.9. The number of hydrogen-bond donors (Lipinski definition) is 0. The number of amides is 1. The third kappa shape index (κ3) is 4.86. The van der Waals surface area contributed by atoms with Crippen molar-refractivity contribution in [2.24, 2.45) is 0 Å². The molecule has 0 bridgehead atoms. The highest BCUT2D eigenvalue weighted by Crippen LogP contribution is 2.23. The van der Waals surface area contributed by atoms with Crippen molar-refractivity contribution >= 4 is 33.4 Å². The number of hydrogen-bond acceptors (Lipinski definition) is 4. The molecule has 0 spiro atoms. The zero-order chi connectivity index (χ0) is 21.7. The predicted molar refractivity (Wildman–Crippen MR) is 122 cm³/mol. The molecule has 7 heteroatoms. The molecule has 0 unspecified atom stereocenters. The normalized spacial score (nSPS) is 11.2. The maximum Gasteiger partial charge on any atom is 0.264 e. The van der Waals surface area contributed by atoms with E-state index in [2.05, 4.69) is 0 Å². The molecule has 1 amide bonds. The van der Waals surface area contributed by atoms with Crippen LogP contribution in [0.2, 0.25) is 0 Å². The topological polar surface area (TPSA) is 57.7 Å². The van der Waals surface area contributed by atoms with E-state index in [1.54, 1.807) is 78.3 Å². The molecule has 0 N–H and O–H groups in total. The van der Waals surface area contributed by atoms with Crippen LogP contribution in [0.25, 0.3) is 0 Å². The van der Waals surface area contributed by atoms with Gasteiger partial charge in [0.05, 0.1) is 10.6 Å². The minimum atomic E-state index is -3.70. The van der Waals surface area contributed by atoms with Crippen LogP contribution in [0.3, 0.4) is 0 Å². The van der Waals surface area contributed by atoms with Crippen LogP contribution in [0.4, 0.5) is 5.69 Å². The quantitative estimate of drug-likeness (QED) is 0.508. The third-order valence-corrected chi connectivity index (χ3v) is 7.33. The van der Waals surface area contributed by atoms with Gasteiger partial charge in [-0.3, -0.25) is 9.10 Å². The van der Waals surface area contributed by atoms with Gasteiger partial charge < -0.3 is 4.90 Å². The van der Waals surface area contributed by atoms with Crippen LogP contribution in [0, 0.1) is 0 Å². The van der Waals surface area contributed by atoms with Crippen LogP contribution in [-0.2, 0) is 16.6 Å². The maximum atomic E-state index is 12.9. The number of sulfonamides is 1. The molecule has 0 radical (unpaired) electrons. The van der Waals surface area contributed by atoms with Gasteiger partial charge in [0, 0.05) is 31.1 Å². The van der Waals surface area contributed by atoms with Gasteiger partial charge in [0.2, 0.25) is 0 Å². The molecule has 5 nitrogen and oxygen atoms in total. The Morgan fingerprint density at radius 2 is 1.57 bits per heavy atom. The summed E-state index contributed by atoms with van der Waals surface area (Å²) in [7, 11) is -0.476. The summed E-state index contributed by atoms with van der Waals surface area (Å²) >= 11 is 1.67. The van der Waals surface area contributed by atoms with Crippen molar-refractivity contribution in [1.82, 2.24) is 4.90 Å². The fourth-order valence-electron chi connectivity index (χ4n) is 3.02. The van der Waals surface area contributed by atoms with E-state index in [9.17, 15) is 13.2 Å². The van der Waals surface area contributed by atoms with Crippen LogP contribution in [0.1, 0.15) is 15.9 Å². The summed E-state index contributed by atoms with van der Waals surface area (Å²) in [6, 6.07) is 23.0. The molecular formula is C23H24N2O3S2. The number of rotatable bonds is 7. The first-order valence-corrected chi connectivity index (χ1v) is 12.0. The van der Waals surface area contributed by atoms with Gasteiger partial charge in [-0.25, -0.2) is 8.42 Å². The molecule has 0 aliphatic rings. The van der Waals surface area contributed by atoms with E-state index in [-0.39, 0.29) is 10.8 Å². The van der Waals surface area contributed by atoms with Crippen LogP contribution >= 0.6 is 11.8 Å². The van der Waals surface area contributed by atoms with E-state index in [0.29, 0.717) is 17.8 Å². The largest absolute Gasteiger partial charge is 0.337 e. The van der Waals surface area contributed by atoms with E-state index in [1.165, 1.54) is 16.2 Å². The Morgan fingerprint density at radius 3 is 2.20 bits per heavy atom. The standard InChI is InChI=1S/C23H24N2O3S2/c1-24(17-18-12-14-21(29-3)15-13-18)23(26)19-8-7-9-20(16-19)25(2)30(27,28)22-10-5-4-6-11-22/h4-16H,17H2,1-3H3. The average Bonchev–Trinajstić information content (AvgIpc) is 2.79. The number of nitrogens with zero attached hydrogens (tertiary/aromatic N) is 2. The van der Waals surface area contributed by atoms with E-state index in [4.69, 9.17) is 0 Å². The first-order valence-electron chi connectivity index (χ1n) is 9.35. The lowest BCUT2D eigenvalue weighted by atomic mass is 10.1. The molecule has 0 atom stereocenters. The SMILES string of the molecule is CSc1ccc(CN(C)C(=O)c2cccc(N(C)S(=O)(=O)c3ccccc3)c2)cc1. The minimum absolute atomic E-state index is 0.170. The Kier molecular flexibility index (Phi) is 6.84. The molecule has 0 aliphatic carbocycles. The van der Waals surface area contributed by atoms with Crippen molar-refractivity contribution in [3.05, 3.63) is 90.0 Å². The molecule has 156 valence electrons. The van der Waals surface area contributed by atoms with E-state index in [0.717, 1.165) is 5.56 Å². The Labute approximate surface area is 182 Å². The fraction of sp³-hybridized carbons (Fsp3) is 0.174. The highest BCUT2D eigenvalue weighted by atomic mass is 32.2. The summed E-state index contributed by atoms with van der Waals surface area (Å²) in [6.45, 7) is 0.468. The fourth-order valence-corrected chi connectivity index (χ4v) is 4.64. The predicted octanol–water partition coefficient (Wildman–Crippen LogP) is 4.51. The van der Waals surface area contributed by atoms with Crippen molar-refractivity contribution in [2.75, 3.05) is 24.7 Å². The summed E-state index contributed by atoms with van der Waals surface area (Å²) < 4.78 is 26.9. The lowest BCUT2D eigenvalue weighted by molar-refractivity contribution is 0.0785. The molecule has 0 aliphatic heterocycles. The molecular weight excluding hydrogens is 416 g/mol. The summed E-state index contributed by atoms with van der Waals surface area (Å²) in [5, 5.41) is 0. The van der Waals surface area contributed by atoms with Gasteiger partial charge >= 0.3 is 0 Å². The maximum absolute atomic E-state index is 12.9. The Bertz CT molecular complexity index is 1110. The molecule has 0 saturated heterocycles. The number of carbonyl (C=O) groups is 1. The van der Waals surface area contributed by atoms with Crippen molar-refractivity contribution in [3.63, 3.8) is 0 Å². The molecule has 0 fully saturated rings. The van der Waals surface area contributed by atoms with E-state index < -0.39 is 10.0 Å². The summed E-state index contributed by atoms with van der Waals surface area (Å²) in [5.74, 6) is -0.170. The molecule has 0 saturated carbocycles. The average molecular weight is 441 g/mol. The molecule has 3 rings (SSSR count). The second-order valence-corrected chi connectivity index (χ2v) is 9.69. The van der Waals surface area contributed by atoms with Gasteiger partial charge in [0.25, 0.3) is 15.9 Å². The molecule has 3 aromatic carbocycles.